The van der Waals surface area contributed by atoms with Gasteiger partial charge in [0.15, 0.2) is 17.2 Å². The average Bonchev–Trinajstić information content (AvgIpc) is 2.82. The van der Waals surface area contributed by atoms with Gasteiger partial charge < -0.3 is 5.11 Å². The highest BCUT2D eigenvalue weighted by atomic mass is 16.4. The molecule has 0 bridgehead atoms. The molecule has 0 aliphatic carbocycles. The van der Waals surface area contributed by atoms with E-state index in [0.717, 1.165) is 10.4 Å². The second-order valence-corrected chi connectivity index (χ2v) is 3.15. The summed E-state index contributed by atoms with van der Waals surface area (Å²) in [6.07, 6.45) is 0. The van der Waals surface area contributed by atoms with Gasteiger partial charge in [0.25, 0.3) is 0 Å². The summed E-state index contributed by atoms with van der Waals surface area (Å²) in [7, 11) is 0. The molecule has 0 saturated carbocycles. The Morgan fingerprint density at radius 1 is 1.62 bits per heavy atom. The molecule has 0 atom stereocenters. The molecule has 2 aromatic rings. The first-order valence-corrected chi connectivity index (χ1v) is 4.37. The third kappa shape index (κ3) is 1.52. The van der Waals surface area contributed by atoms with Gasteiger partial charge >= 0.3 is 5.97 Å². The van der Waals surface area contributed by atoms with E-state index in [1.807, 2.05) is 0 Å². The minimum absolute atomic E-state index is 0.0399. The zero-order valence-corrected chi connectivity index (χ0v) is 8.30. The van der Waals surface area contributed by atoms with E-state index in [9.17, 15) is 4.79 Å². The van der Waals surface area contributed by atoms with Gasteiger partial charge in [-0.05, 0) is 6.92 Å². The molecular weight excluding hydrogens is 210 g/mol. The number of aromatic carboxylic acids is 1. The molecule has 0 radical (unpaired) electrons. The molecule has 0 spiro atoms. The lowest BCUT2D eigenvalue weighted by Crippen LogP contribution is -2.08. The van der Waals surface area contributed by atoms with Crippen molar-refractivity contribution in [1.82, 2.24) is 20.0 Å². The maximum atomic E-state index is 10.9. The summed E-state index contributed by atoms with van der Waals surface area (Å²) in [6, 6.07) is 4.63. The molecule has 16 heavy (non-hydrogen) atoms. The van der Waals surface area contributed by atoms with Crippen molar-refractivity contribution in [1.29, 1.82) is 5.26 Å². The minimum Gasteiger partial charge on any atom is -0.477 e. The number of rotatable bonds is 2. The molecular formula is C9H7N5O2. The normalized spacial score (nSPS) is 10.0. The van der Waals surface area contributed by atoms with E-state index in [4.69, 9.17) is 10.4 Å². The number of aromatic nitrogens is 4. The van der Waals surface area contributed by atoms with Crippen molar-refractivity contribution >= 4 is 5.97 Å². The molecule has 2 rings (SSSR count). The highest BCUT2D eigenvalue weighted by Gasteiger charge is 2.16. The Morgan fingerprint density at radius 2 is 2.38 bits per heavy atom. The van der Waals surface area contributed by atoms with Crippen molar-refractivity contribution in [3.8, 4) is 11.9 Å². The number of aryl methyl sites for hydroxylation is 1. The van der Waals surface area contributed by atoms with Crippen LogP contribution in [-0.4, -0.2) is 31.1 Å². The fourth-order valence-electron chi connectivity index (χ4n) is 1.27. The van der Waals surface area contributed by atoms with Gasteiger partial charge in [0.05, 0.1) is 0 Å². The van der Waals surface area contributed by atoms with Crippen molar-refractivity contribution in [2.45, 2.75) is 6.92 Å². The first kappa shape index (κ1) is 9.92. The predicted octanol–water partition coefficient (Wildman–Crippen LogP) is 0.474. The van der Waals surface area contributed by atoms with Crippen LogP contribution in [0.5, 0.6) is 0 Å². The molecule has 2 aromatic heterocycles. The largest absolute Gasteiger partial charge is 0.477 e. The molecule has 0 aromatic carbocycles. The van der Waals surface area contributed by atoms with Crippen LogP contribution in [0.4, 0.5) is 0 Å². The van der Waals surface area contributed by atoms with Crippen LogP contribution in [0.15, 0.2) is 12.1 Å². The summed E-state index contributed by atoms with van der Waals surface area (Å²) in [4.78, 5) is 10.9. The molecule has 2 N–H and O–H groups in total. The fraction of sp³-hybridized carbons (Fsp3) is 0.111. The van der Waals surface area contributed by atoms with Crippen LogP contribution in [-0.2, 0) is 0 Å². The monoisotopic (exact) mass is 217 g/mol. The van der Waals surface area contributed by atoms with E-state index >= 15 is 0 Å². The Bertz CT molecular complexity index is 589. The van der Waals surface area contributed by atoms with Gasteiger partial charge in [-0.3, -0.25) is 5.10 Å². The zero-order valence-electron chi connectivity index (χ0n) is 8.30. The van der Waals surface area contributed by atoms with Crippen molar-refractivity contribution in [2.75, 3.05) is 0 Å². The number of hydrogen-bond acceptors (Lipinski definition) is 4. The van der Waals surface area contributed by atoms with Crippen LogP contribution in [0.3, 0.4) is 0 Å². The molecule has 2 heterocycles. The number of nitrogens with one attached hydrogen (secondary N) is 1. The van der Waals surface area contributed by atoms with Gasteiger partial charge in [-0.2, -0.15) is 15.5 Å². The predicted molar refractivity (Wildman–Crippen MR) is 52.1 cm³/mol. The van der Waals surface area contributed by atoms with Crippen molar-refractivity contribution < 1.29 is 9.90 Å². The number of nitrogens with zero attached hydrogens (tertiary/aromatic N) is 4. The highest BCUT2D eigenvalue weighted by molar-refractivity contribution is 5.86. The van der Waals surface area contributed by atoms with Crippen molar-refractivity contribution in [3.63, 3.8) is 0 Å². The van der Waals surface area contributed by atoms with Crippen LogP contribution in [0.25, 0.3) is 5.82 Å². The number of hydrogen-bond donors (Lipinski definition) is 2. The number of carbonyl (C=O) groups is 1. The fourth-order valence-corrected chi connectivity index (χ4v) is 1.27. The molecule has 0 fully saturated rings. The summed E-state index contributed by atoms with van der Waals surface area (Å²) in [5, 5.41) is 28.0. The maximum absolute atomic E-state index is 10.9. The van der Waals surface area contributed by atoms with E-state index in [0.29, 0.717) is 5.82 Å². The van der Waals surface area contributed by atoms with Gasteiger partial charge in [0, 0.05) is 17.8 Å². The molecule has 7 nitrogen and oxygen atoms in total. The molecule has 7 heteroatoms. The van der Waals surface area contributed by atoms with E-state index in [1.54, 1.807) is 19.1 Å². The number of nitriles is 1. The quantitative estimate of drug-likeness (QED) is 0.760. The first-order valence-electron chi connectivity index (χ1n) is 4.37. The molecule has 0 amide bonds. The lowest BCUT2D eigenvalue weighted by Gasteiger charge is -1.97. The number of aromatic amines is 1. The standard InChI is InChI=1S/C9H7N5O2/c1-5-2-8(12-11-5)14-7(9(15)16)3-6(4-10)13-14/h2-3H,1H3,(H,11,12)(H,15,16). The Labute approximate surface area is 89.9 Å². The SMILES string of the molecule is Cc1cc(-n2nc(C#N)cc2C(=O)O)n[nH]1. The van der Waals surface area contributed by atoms with E-state index in [1.165, 1.54) is 6.07 Å². The number of carboxylic acids is 1. The van der Waals surface area contributed by atoms with Crippen LogP contribution in [0, 0.1) is 18.3 Å². The molecule has 0 unspecified atom stereocenters. The van der Waals surface area contributed by atoms with Gasteiger partial charge in [-0.1, -0.05) is 0 Å². The Hall–Kier alpha value is -2.62. The summed E-state index contributed by atoms with van der Waals surface area (Å²) in [6.45, 7) is 1.78. The number of H-pyrrole nitrogens is 1. The second kappa shape index (κ2) is 3.51. The molecule has 0 saturated heterocycles. The van der Waals surface area contributed by atoms with Gasteiger partial charge in [-0.25, -0.2) is 9.48 Å². The van der Waals surface area contributed by atoms with E-state index in [2.05, 4.69) is 15.3 Å². The lowest BCUT2D eigenvalue weighted by atomic mass is 10.3. The van der Waals surface area contributed by atoms with Gasteiger partial charge in [0.1, 0.15) is 6.07 Å². The van der Waals surface area contributed by atoms with Crippen LogP contribution < -0.4 is 0 Å². The Kier molecular flexibility index (Phi) is 2.17. The zero-order chi connectivity index (χ0) is 11.7. The second-order valence-electron chi connectivity index (χ2n) is 3.15. The summed E-state index contributed by atoms with van der Waals surface area (Å²) < 4.78 is 1.12. The molecule has 0 aliphatic rings. The maximum Gasteiger partial charge on any atom is 0.354 e. The van der Waals surface area contributed by atoms with Crippen LogP contribution >= 0.6 is 0 Å². The highest BCUT2D eigenvalue weighted by Crippen LogP contribution is 2.11. The van der Waals surface area contributed by atoms with Gasteiger partial charge in [0.2, 0.25) is 0 Å². The van der Waals surface area contributed by atoms with Crippen LogP contribution in [0.2, 0.25) is 0 Å². The van der Waals surface area contributed by atoms with Crippen molar-refractivity contribution in [2.24, 2.45) is 0 Å². The molecule has 80 valence electrons. The average molecular weight is 217 g/mol. The van der Waals surface area contributed by atoms with Crippen molar-refractivity contribution in [3.05, 3.63) is 29.2 Å². The Morgan fingerprint density at radius 3 is 2.88 bits per heavy atom. The molecule has 0 aliphatic heterocycles. The Balaban J connectivity index is 2.60. The first-order chi connectivity index (χ1) is 7.61. The third-order valence-corrected chi connectivity index (χ3v) is 1.95. The minimum atomic E-state index is -1.16. The van der Waals surface area contributed by atoms with Gasteiger partial charge in [-0.15, -0.1) is 0 Å². The van der Waals surface area contributed by atoms with E-state index < -0.39 is 5.97 Å². The third-order valence-electron chi connectivity index (χ3n) is 1.95. The summed E-state index contributed by atoms with van der Waals surface area (Å²) in [5.41, 5.74) is 0.724. The lowest BCUT2D eigenvalue weighted by molar-refractivity contribution is 0.0687. The number of carboxylic acid groups (broad SMARTS) is 1. The summed E-state index contributed by atoms with van der Waals surface area (Å²) in [5.74, 6) is -0.814. The van der Waals surface area contributed by atoms with Crippen LogP contribution in [0.1, 0.15) is 21.9 Å². The van der Waals surface area contributed by atoms with E-state index in [-0.39, 0.29) is 11.4 Å². The summed E-state index contributed by atoms with van der Waals surface area (Å²) >= 11 is 0. The topological polar surface area (TPSA) is 108 Å². The smallest absolute Gasteiger partial charge is 0.354 e.